The van der Waals surface area contributed by atoms with Gasteiger partial charge in [-0.1, -0.05) is 6.07 Å². The van der Waals surface area contributed by atoms with E-state index in [0.29, 0.717) is 12.1 Å². The molecule has 26 heavy (non-hydrogen) atoms. The zero-order valence-corrected chi connectivity index (χ0v) is 14.4. The van der Waals surface area contributed by atoms with Crippen molar-refractivity contribution in [2.75, 3.05) is 24.5 Å². The molecule has 0 N–H and O–H groups in total. The second-order valence-electron chi connectivity index (χ2n) is 6.59. The lowest BCUT2D eigenvalue weighted by molar-refractivity contribution is 0.178. The highest BCUT2D eigenvalue weighted by Gasteiger charge is 2.26. The summed E-state index contributed by atoms with van der Waals surface area (Å²) >= 11 is 0. The molecule has 0 radical (unpaired) electrons. The van der Waals surface area contributed by atoms with Gasteiger partial charge in [0.05, 0.1) is 11.7 Å². The lowest BCUT2D eigenvalue weighted by Crippen LogP contribution is -2.51. The predicted octanol–water partition coefficient (Wildman–Crippen LogP) is 3.01. The first-order chi connectivity index (χ1) is 12.6. The number of pyridine rings is 1. The van der Waals surface area contributed by atoms with Gasteiger partial charge in [-0.25, -0.2) is 18.7 Å². The predicted molar refractivity (Wildman–Crippen MR) is 95.8 cm³/mol. The fourth-order valence-electron chi connectivity index (χ4n) is 3.44. The molecule has 0 spiro atoms. The van der Waals surface area contributed by atoms with E-state index in [1.807, 2.05) is 6.07 Å². The molecule has 1 aliphatic rings. The zero-order valence-electron chi connectivity index (χ0n) is 14.4. The zero-order chi connectivity index (χ0) is 18.1. The summed E-state index contributed by atoms with van der Waals surface area (Å²) in [6.45, 7) is 4.90. The minimum absolute atomic E-state index is 0.208. The Morgan fingerprint density at radius 3 is 2.85 bits per heavy atom. The average Bonchev–Trinajstić information content (AvgIpc) is 2.65. The van der Waals surface area contributed by atoms with E-state index in [9.17, 15) is 8.78 Å². The van der Waals surface area contributed by atoms with Crippen molar-refractivity contribution in [3.05, 3.63) is 60.2 Å². The van der Waals surface area contributed by atoms with E-state index in [1.165, 1.54) is 12.1 Å². The highest BCUT2D eigenvalue weighted by molar-refractivity contribution is 5.88. The maximum absolute atomic E-state index is 13.9. The summed E-state index contributed by atoms with van der Waals surface area (Å²) in [7, 11) is 0. The second-order valence-corrected chi connectivity index (χ2v) is 6.59. The molecule has 1 aliphatic heterocycles. The van der Waals surface area contributed by atoms with E-state index in [0.717, 1.165) is 42.4 Å². The number of piperazine rings is 1. The Kier molecular flexibility index (Phi) is 4.46. The molecule has 0 bridgehead atoms. The molecule has 0 saturated carbocycles. The second kappa shape index (κ2) is 6.92. The first-order valence-electron chi connectivity index (χ1n) is 8.59. The van der Waals surface area contributed by atoms with Crippen molar-refractivity contribution in [3.63, 3.8) is 0 Å². The molecule has 2 aromatic heterocycles. The van der Waals surface area contributed by atoms with Crippen LogP contribution >= 0.6 is 0 Å². The van der Waals surface area contributed by atoms with Crippen LogP contribution in [0.4, 0.5) is 14.6 Å². The van der Waals surface area contributed by atoms with Crippen LogP contribution in [-0.4, -0.2) is 45.5 Å². The molecular formula is C19H19F2N5. The maximum Gasteiger partial charge on any atom is 0.140 e. The standard InChI is InChI=1S/C19H19F2N5/c1-13-10-26(19-16-4-5-22-9-18(16)23-12-24-19)7-6-25(13)11-14-2-3-15(20)8-17(14)21/h2-5,8-9,12-13H,6-7,10-11H2,1H3. The molecular weight excluding hydrogens is 336 g/mol. The number of hydrogen-bond acceptors (Lipinski definition) is 5. The van der Waals surface area contributed by atoms with Gasteiger partial charge in [0.25, 0.3) is 0 Å². The highest BCUT2D eigenvalue weighted by Crippen LogP contribution is 2.25. The van der Waals surface area contributed by atoms with E-state index in [1.54, 1.807) is 18.7 Å². The number of halogens is 2. The molecule has 1 fully saturated rings. The van der Waals surface area contributed by atoms with E-state index >= 15 is 0 Å². The van der Waals surface area contributed by atoms with Crippen LogP contribution < -0.4 is 4.90 Å². The minimum atomic E-state index is -0.547. The molecule has 1 aromatic carbocycles. The molecule has 1 saturated heterocycles. The lowest BCUT2D eigenvalue weighted by Gasteiger charge is -2.40. The fourth-order valence-corrected chi connectivity index (χ4v) is 3.44. The van der Waals surface area contributed by atoms with Crippen LogP contribution in [-0.2, 0) is 6.54 Å². The van der Waals surface area contributed by atoms with Gasteiger partial charge in [-0.05, 0) is 19.1 Å². The number of fused-ring (bicyclic) bond motifs is 1. The van der Waals surface area contributed by atoms with Crippen molar-refractivity contribution in [1.82, 2.24) is 19.9 Å². The molecule has 1 unspecified atom stereocenters. The van der Waals surface area contributed by atoms with Crippen molar-refractivity contribution in [2.24, 2.45) is 0 Å². The Morgan fingerprint density at radius 2 is 2.04 bits per heavy atom. The van der Waals surface area contributed by atoms with E-state index in [-0.39, 0.29) is 6.04 Å². The van der Waals surface area contributed by atoms with Crippen molar-refractivity contribution in [2.45, 2.75) is 19.5 Å². The van der Waals surface area contributed by atoms with Gasteiger partial charge in [-0.3, -0.25) is 9.88 Å². The fraction of sp³-hybridized carbons (Fsp3) is 0.316. The molecule has 3 heterocycles. The van der Waals surface area contributed by atoms with E-state index in [4.69, 9.17) is 0 Å². The van der Waals surface area contributed by atoms with Crippen molar-refractivity contribution < 1.29 is 8.78 Å². The van der Waals surface area contributed by atoms with Gasteiger partial charge in [-0.2, -0.15) is 0 Å². The monoisotopic (exact) mass is 355 g/mol. The van der Waals surface area contributed by atoms with Crippen LogP contribution in [0.2, 0.25) is 0 Å². The Bertz CT molecular complexity index is 927. The van der Waals surface area contributed by atoms with E-state index < -0.39 is 11.6 Å². The SMILES string of the molecule is CC1CN(c2ncnc3cnccc23)CCN1Cc1ccc(F)cc1F. The molecule has 0 aliphatic carbocycles. The van der Waals surface area contributed by atoms with Gasteiger partial charge in [-0.15, -0.1) is 0 Å². The van der Waals surface area contributed by atoms with Crippen LogP contribution in [0.3, 0.4) is 0 Å². The molecule has 5 nitrogen and oxygen atoms in total. The maximum atomic E-state index is 13.9. The molecule has 4 rings (SSSR count). The average molecular weight is 355 g/mol. The third-order valence-corrected chi connectivity index (χ3v) is 4.87. The summed E-state index contributed by atoms with van der Waals surface area (Å²) in [5, 5.41) is 0.979. The third kappa shape index (κ3) is 3.22. The van der Waals surface area contributed by atoms with Crippen LogP contribution in [0.5, 0.6) is 0 Å². The Labute approximate surface area is 150 Å². The van der Waals surface area contributed by atoms with Gasteiger partial charge in [0.1, 0.15) is 23.8 Å². The first kappa shape index (κ1) is 16.8. The van der Waals surface area contributed by atoms with Crippen LogP contribution in [0.1, 0.15) is 12.5 Å². The normalized spacial score (nSPS) is 18.4. The number of hydrogen-bond donors (Lipinski definition) is 0. The molecule has 134 valence electrons. The Balaban J connectivity index is 1.51. The smallest absolute Gasteiger partial charge is 0.140 e. The lowest BCUT2D eigenvalue weighted by atomic mass is 10.1. The van der Waals surface area contributed by atoms with Gasteiger partial charge in [0, 0.05) is 55.4 Å². The number of benzene rings is 1. The molecule has 7 heteroatoms. The van der Waals surface area contributed by atoms with Crippen molar-refractivity contribution in [1.29, 1.82) is 0 Å². The topological polar surface area (TPSA) is 45.2 Å². The summed E-state index contributed by atoms with van der Waals surface area (Å²) in [6.07, 6.45) is 5.04. The summed E-state index contributed by atoms with van der Waals surface area (Å²) in [5.74, 6) is -0.139. The van der Waals surface area contributed by atoms with Gasteiger partial charge in [0.2, 0.25) is 0 Å². The van der Waals surface area contributed by atoms with Gasteiger partial charge in [0.15, 0.2) is 0 Å². The number of rotatable bonds is 3. The number of aromatic nitrogens is 3. The van der Waals surface area contributed by atoms with Crippen LogP contribution in [0, 0.1) is 11.6 Å². The van der Waals surface area contributed by atoms with Crippen LogP contribution in [0.15, 0.2) is 43.0 Å². The highest BCUT2D eigenvalue weighted by atomic mass is 19.1. The largest absolute Gasteiger partial charge is 0.353 e. The number of nitrogens with zero attached hydrogens (tertiary/aromatic N) is 5. The minimum Gasteiger partial charge on any atom is -0.353 e. The summed E-state index contributed by atoms with van der Waals surface area (Å²) in [5.41, 5.74) is 1.34. The van der Waals surface area contributed by atoms with Crippen molar-refractivity contribution >= 4 is 16.7 Å². The molecule has 1 atom stereocenters. The van der Waals surface area contributed by atoms with Crippen LogP contribution in [0.25, 0.3) is 10.9 Å². The van der Waals surface area contributed by atoms with E-state index in [2.05, 4.69) is 31.7 Å². The van der Waals surface area contributed by atoms with Gasteiger partial charge < -0.3 is 4.90 Å². The third-order valence-electron chi connectivity index (χ3n) is 4.87. The summed E-state index contributed by atoms with van der Waals surface area (Å²) < 4.78 is 27.0. The summed E-state index contributed by atoms with van der Waals surface area (Å²) in [4.78, 5) is 17.3. The molecule has 0 amide bonds. The summed E-state index contributed by atoms with van der Waals surface area (Å²) in [6, 6.07) is 5.90. The van der Waals surface area contributed by atoms with Gasteiger partial charge >= 0.3 is 0 Å². The first-order valence-corrected chi connectivity index (χ1v) is 8.59. The Hall–Kier alpha value is -2.67. The van der Waals surface area contributed by atoms with Crippen molar-refractivity contribution in [3.8, 4) is 0 Å². The molecule has 3 aromatic rings. The quantitative estimate of drug-likeness (QED) is 0.723. The Morgan fingerprint density at radius 1 is 1.15 bits per heavy atom. The number of anilines is 1.